The van der Waals surface area contributed by atoms with Crippen LogP contribution >= 0.6 is 0 Å². The molecule has 1 atom stereocenters. The molecule has 0 spiro atoms. The predicted octanol–water partition coefficient (Wildman–Crippen LogP) is 4.07. The summed E-state index contributed by atoms with van der Waals surface area (Å²) in [5.41, 5.74) is 2.72. The summed E-state index contributed by atoms with van der Waals surface area (Å²) in [5, 5.41) is 0. The molecule has 4 rings (SSSR count). The van der Waals surface area contributed by atoms with E-state index < -0.39 is 0 Å². The smallest absolute Gasteiger partial charge is 0.314 e. The zero-order valence-electron chi connectivity index (χ0n) is 13.1. The molecule has 0 aliphatic carbocycles. The van der Waals surface area contributed by atoms with Gasteiger partial charge in [0.05, 0.1) is 6.20 Å². The molecule has 24 heavy (non-hydrogen) atoms. The maximum Gasteiger partial charge on any atom is 0.314 e. The number of rotatable bonds is 2. The highest BCUT2D eigenvalue weighted by molar-refractivity contribution is 6.05. The number of fused-ring (bicyclic) bond motifs is 1. The van der Waals surface area contributed by atoms with Crippen LogP contribution in [0.3, 0.4) is 0 Å². The van der Waals surface area contributed by atoms with E-state index in [0.717, 1.165) is 17.7 Å². The number of carbonyl (C=O) groups excluding carboxylic acids is 1. The van der Waals surface area contributed by atoms with Crippen molar-refractivity contribution < 1.29 is 13.6 Å². The second-order valence-electron chi connectivity index (χ2n) is 5.89. The molecule has 120 valence electrons. The molecule has 1 aromatic heterocycles. The number of benzene rings is 2. The molecule has 5 heteroatoms. The monoisotopic (exact) mass is 322 g/mol. The Morgan fingerprint density at radius 1 is 1.21 bits per heavy atom. The summed E-state index contributed by atoms with van der Waals surface area (Å²) in [6, 6.07) is 13.8. The van der Waals surface area contributed by atoms with Gasteiger partial charge in [-0.25, -0.2) is 9.37 Å². The topological polar surface area (TPSA) is 46.3 Å². The highest BCUT2D eigenvalue weighted by Crippen LogP contribution is 2.33. The van der Waals surface area contributed by atoms with Crippen molar-refractivity contribution in [3.63, 3.8) is 0 Å². The molecule has 2 aromatic carbocycles. The summed E-state index contributed by atoms with van der Waals surface area (Å²) in [4.78, 5) is 18.7. The minimum absolute atomic E-state index is 0.0397. The van der Waals surface area contributed by atoms with Gasteiger partial charge in [-0.05, 0) is 49.2 Å². The lowest BCUT2D eigenvalue weighted by Crippen LogP contribution is -2.35. The van der Waals surface area contributed by atoms with Crippen LogP contribution in [0.25, 0.3) is 11.3 Å². The molecule has 2 heterocycles. The first-order chi connectivity index (χ1) is 11.6. The molecule has 1 amide bonds. The van der Waals surface area contributed by atoms with E-state index in [9.17, 15) is 9.18 Å². The molecule has 4 nitrogen and oxygen atoms in total. The summed E-state index contributed by atoms with van der Waals surface area (Å²) in [5.74, 6) is -0.103. The molecule has 0 saturated carbocycles. The Labute approximate surface area is 138 Å². The molecule has 1 aliphatic heterocycles. The Hall–Kier alpha value is -2.95. The van der Waals surface area contributed by atoms with Crippen LogP contribution in [0.2, 0.25) is 0 Å². The molecular weight excluding hydrogens is 307 g/mol. The molecule has 1 aliphatic rings. The number of carbonyl (C=O) groups is 1. The molecule has 0 unspecified atom stereocenters. The van der Waals surface area contributed by atoms with E-state index in [1.165, 1.54) is 18.3 Å². The standard InChI is InChI=1S/C19H15FN2O2/c1-12-10-14-4-2-3-5-16(14)22(12)19(23)18-21-11-17(24-18)13-6-8-15(20)9-7-13/h2-9,11-12H,10H2,1H3/t12-/m0/s1. The zero-order chi connectivity index (χ0) is 16.7. The third kappa shape index (κ3) is 2.38. The minimum atomic E-state index is -0.322. The Balaban J connectivity index is 1.65. The van der Waals surface area contributed by atoms with E-state index in [4.69, 9.17) is 4.42 Å². The first-order valence-corrected chi connectivity index (χ1v) is 7.77. The summed E-state index contributed by atoms with van der Waals surface area (Å²) in [6.07, 6.45) is 2.31. The van der Waals surface area contributed by atoms with E-state index in [2.05, 4.69) is 4.98 Å². The number of aromatic nitrogens is 1. The summed E-state index contributed by atoms with van der Waals surface area (Å²) >= 11 is 0. The van der Waals surface area contributed by atoms with Gasteiger partial charge in [0, 0.05) is 17.3 Å². The van der Waals surface area contributed by atoms with Crippen LogP contribution in [0, 0.1) is 5.82 Å². The number of oxazole rings is 1. The van der Waals surface area contributed by atoms with Crippen LogP contribution in [0.4, 0.5) is 10.1 Å². The third-order valence-corrected chi connectivity index (χ3v) is 4.24. The largest absolute Gasteiger partial charge is 0.432 e. The van der Waals surface area contributed by atoms with E-state index in [1.54, 1.807) is 17.0 Å². The minimum Gasteiger partial charge on any atom is -0.432 e. The van der Waals surface area contributed by atoms with Gasteiger partial charge in [0.15, 0.2) is 5.76 Å². The maximum atomic E-state index is 13.0. The lowest BCUT2D eigenvalue weighted by Gasteiger charge is -2.20. The van der Waals surface area contributed by atoms with Crippen molar-refractivity contribution in [1.29, 1.82) is 0 Å². The van der Waals surface area contributed by atoms with Gasteiger partial charge in [0.1, 0.15) is 5.82 Å². The van der Waals surface area contributed by atoms with Crippen molar-refractivity contribution >= 4 is 11.6 Å². The van der Waals surface area contributed by atoms with E-state index >= 15 is 0 Å². The summed E-state index contributed by atoms with van der Waals surface area (Å²) in [6.45, 7) is 2.00. The molecule has 0 radical (unpaired) electrons. The highest BCUT2D eigenvalue weighted by Gasteiger charge is 2.33. The molecule has 3 aromatic rings. The fourth-order valence-electron chi connectivity index (χ4n) is 3.10. The lowest BCUT2D eigenvalue weighted by molar-refractivity contribution is 0.0948. The van der Waals surface area contributed by atoms with Crippen LogP contribution in [-0.4, -0.2) is 16.9 Å². The van der Waals surface area contributed by atoms with Gasteiger partial charge in [0.2, 0.25) is 0 Å². The van der Waals surface area contributed by atoms with Crippen LogP contribution in [0.1, 0.15) is 23.2 Å². The van der Waals surface area contributed by atoms with Crippen LogP contribution in [-0.2, 0) is 6.42 Å². The van der Waals surface area contributed by atoms with E-state index in [-0.39, 0.29) is 23.7 Å². The van der Waals surface area contributed by atoms with Crippen LogP contribution in [0.5, 0.6) is 0 Å². The Morgan fingerprint density at radius 2 is 1.96 bits per heavy atom. The average Bonchev–Trinajstić information content (AvgIpc) is 3.19. The van der Waals surface area contributed by atoms with Gasteiger partial charge < -0.3 is 9.32 Å². The number of anilines is 1. The second-order valence-corrected chi connectivity index (χ2v) is 5.89. The van der Waals surface area contributed by atoms with Gasteiger partial charge in [-0.1, -0.05) is 18.2 Å². The van der Waals surface area contributed by atoms with E-state index in [1.807, 2.05) is 31.2 Å². The van der Waals surface area contributed by atoms with Crippen LogP contribution < -0.4 is 4.90 Å². The average molecular weight is 322 g/mol. The molecule has 0 N–H and O–H groups in total. The van der Waals surface area contributed by atoms with Gasteiger partial charge in [-0.3, -0.25) is 4.79 Å². The highest BCUT2D eigenvalue weighted by atomic mass is 19.1. The zero-order valence-corrected chi connectivity index (χ0v) is 13.1. The number of halogens is 1. The van der Waals surface area contributed by atoms with Crippen molar-refractivity contribution in [3.8, 4) is 11.3 Å². The lowest BCUT2D eigenvalue weighted by atomic mass is 10.1. The number of nitrogens with zero attached hydrogens (tertiary/aromatic N) is 2. The number of hydrogen-bond donors (Lipinski definition) is 0. The van der Waals surface area contributed by atoms with Gasteiger partial charge in [-0.2, -0.15) is 0 Å². The van der Waals surface area contributed by atoms with Crippen molar-refractivity contribution in [3.05, 3.63) is 72.0 Å². The molecular formula is C19H15FN2O2. The Kier molecular flexibility index (Phi) is 3.41. The molecule has 0 saturated heterocycles. The molecule has 0 fully saturated rings. The number of hydrogen-bond acceptors (Lipinski definition) is 3. The number of amides is 1. The fraction of sp³-hybridized carbons (Fsp3) is 0.158. The first kappa shape index (κ1) is 14.6. The quantitative estimate of drug-likeness (QED) is 0.714. The first-order valence-electron chi connectivity index (χ1n) is 7.77. The summed E-state index contributed by atoms with van der Waals surface area (Å²) < 4.78 is 18.6. The van der Waals surface area contributed by atoms with Gasteiger partial charge in [-0.15, -0.1) is 0 Å². The fourth-order valence-corrected chi connectivity index (χ4v) is 3.10. The third-order valence-electron chi connectivity index (χ3n) is 4.24. The second kappa shape index (κ2) is 5.60. The van der Waals surface area contributed by atoms with E-state index in [0.29, 0.717) is 11.3 Å². The normalized spacial score (nSPS) is 16.2. The SMILES string of the molecule is C[C@H]1Cc2ccccc2N1C(=O)c1ncc(-c2ccc(F)cc2)o1. The van der Waals surface area contributed by atoms with Crippen molar-refractivity contribution in [1.82, 2.24) is 4.98 Å². The molecule has 0 bridgehead atoms. The van der Waals surface area contributed by atoms with Gasteiger partial charge in [0.25, 0.3) is 5.89 Å². The number of para-hydroxylation sites is 1. The maximum absolute atomic E-state index is 13.0. The van der Waals surface area contributed by atoms with Gasteiger partial charge >= 0.3 is 5.91 Å². The Morgan fingerprint density at radius 3 is 2.75 bits per heavy atom. The van der Waals surface area contributed by atoms with Crippen LogP contribution in [0.15, 0.2) is 59.1 Å². The predicted molar refractivity (Wildman–Crippen MR) is 88.3 cm³/mol. The van der Waals surface area contributed by atoms with Crippen molar-refractivity contribution in [2.75, 3.05) is 4.90 Å². The van der Waals surface area contributed by atoms with Crippen molar-refractivity contribution in [2.45, 2.75) is 19.4 Å². The van der Waals surface area contributed by atoms with Crippen molar-refractivity contribution in [2.24, 2.45) is 0 Å². The summed E-state index contributed by atoms with van der Waals surface area (Å²) in [7, 11) is 0. The Bertz CT molecular complexity index is 902.